The molecule has 2 aromatic rings. The van der Waals surface area contributed by atoms with E-state index in [0.29, 0.717) is 27.6 Å². The number of carboxylic acid groups (broad SMARTS) is 1. The number of ether oxygens (including phenoxy) is 1. The molecule has 0 radical (unpaired) electrons. The fraction of sp³-hybridized carbons (Fsp3) is 0.269. The van der Waals surface area contributed by atoms with E-state index in [-0.39, 0.29) is 36.1 Å². The molecule has 1 saturated heterocycles. The number of carboxylic acids is 1. The third-order valence-electron chi connectivity index (χ3n) is 6.58. The van der Waals surface area contributed by atoms with Gasteiger partial charge in [0.05, 0.1) is 12.0 Å². The molecule has 2 N–H and O–H groups in total. The van der Waals surface area contributed by atoms with Gasteiger partial charge in [-0.15, -0.1) is 0 Å². The van der Waals surface area contributed by atoms with Gasteiger partial charge in [-0.2, -0.15) is 4.31 Å². The van der Waals surface area contributed by atoms with Gasteiger partial charge in [-0.1, -0.05) is 35.0 Å². The molecule has 4 heterocycles. The minimum atomic E-state index is -3.51. The van der Waals surface area contributed by atoms with E-state index in [4.69, 9.17) is 20.9 Å². The van der Waals surface area contributed by atoms with Gasteiger partial charge < -0.3 is 14.4 Å². The first-order chi connectivity index (χ1) is 18.9. The smallest absolute Gasteiger partial charge is 0.412 e. The number of amidine groups is 1. The number of nitrogens with zero attached hydrogens (tertiary/aromatic N) is 4. The highest BCUT2D eigenvalue weighted by molar-refractivity contribution is 7.88. The molecule has 14 heteroatoms. The first-order valence-electron chi connectivity index (χ1n) is 11.9. The second kappa shape index (κ2) is 10.1. The van der Waals surface area contributed by atoms with Crippen molar-refractivity contribution in [3.63, 3.8) is 0 Å². The van der Waals surface area contributed by atoms with Gasteiger partial charge >= 0.3 is 12.1 Å². The highest BCUT2D eigenvalue weighted by Crippen LogP contribution is 2.43. The lowest BCUT2D eigenvalue weighted by Gasteiger charge is -2.45. The summed E-state index contributed by atoms with van der Waals surface area (Å²) in [6, 6.07) is 7.03. The quantitative estimate of drug-likeness (QED) is 0.489. The molecule has 0 bridgehead atoms. The van der Waals surface area contributed by atoms with Crippen molar-refractivity contribution >= 4 is 50.9 Å². The number of rotatable bonds is 6. The molecular formula is C26H22ClN5O7S. The Bertz CT molecular complexity index is 1740. The highest BCUT2D eigenvalue weighted by atomic mass is 35.5. The van der Waals surface area contributed by atoms with Crippen LogP contribution in [0.1, 0.15) is 30.0 Å². The van der Waals surface area contributed by atoms with Crippen molar-refractivity contribution in [1.82, 2.24) is 9.46 Å². The molecule has 40 heavy (non-hydrogen) atoms. The maximum Gasteiger partial charge on any atom is 0.412 e. The van der Waals surface area contributed by atoms with Gasteiger partial charge in [0.15, 0.2) is 5.84 Å². The average Bonchev–Trinajstić information content (AvgIpc) is 3.50. The van der Waals surface area contributed by atoms with Crippen LogP contribution in [-0.4, -0.2) is 65.9 Å². The number of carbonyl (C=O) groups excluding carboxylic acids is 1. The van der Waals surface area contributed by atoms with Crippen LogP contribution in [0.2, 0.25) is 5.02 Å². The summed E-state index contributed by atoms with van der Waals surface area (Å²) in [7, 11) is -3.51. The first-order valence-corrected chi connectivity index (χ1v) is 14.1. The van der Waals surface area contributed by atoms with Gasteiger partial charge in [0.25, 0.3) is 0 Å². The Morgan fingerprint density at radius 1 is 1.23 bits per heavy atom. The molecule has 1 atom stereocenters. The topological polar surface area (TPSA) is 164 Å². The summed E-state index contributed by atoms with van der Waals surface area (Å²) in [6.45, 7) is 2.92. The van der Waals surface area contributed by atoms with Crippen LogP contribution in [0.5, 0.6) is 0 Å². The van der Waals surface area contributed by atoms with Crippen LogP contribution < -0.4 is 5.32 Å². The van der Waals surface area contributed by atoms with Crippen LogP contribution in [0.4, 0.5) is 10.5 Å². The summed E-state index contributed by atoms with van der Waals surface area (Å²) in [5, 5.41) is 16.7. The molecule has 12 nitrogen and oxygen atoms in total. The number of hydrogen-bond acceptors (Lipinski definition) is 9. The van der Waals surface area contributed by atoms with E-state index in [1.165, 1.54) is 0 Å². The minimum absolute atomic E-state index is 0.0799. The third kappa shape index (κ3) is 5.04. The SMILES string of the molecule is Cc1noc(C#CC2=NC3=NC(C4(C(=O)O)CN(S(C)(=O)=O)C4)=CC3=C2)c1NC(=O)OC(C)c1ccccc1Cl. The molecule has 0 aliphatic carbocycles. The van der Waals surface area contributed by atoms with E-state index in [2.05, 4.69) is 32.3 Å². The van der Waals surface area contributed by atoms with E-state index in [1.807, 2.05) is 0 Å². The molecule has 1 amide bonds. The second-order valence-electron chi connectivity index (χ2n) is 9.40. The number of carbonyl (C=O) groups is 2. The van der Waals surface area contributed by atoms with Gasteiger partial charge in [0.1, 0.15) is 28.6 Å². The van der Waals surface area contributed by atoms with Crippen molar-refractivity contribution in [2.75, 3.05) is 24.7 Å². The lowest BCUT2D eigenvalue weighted by Crippen LogP contribution is -2.62. The lowest BCUT2D eigenvalue weighted by molar-refractivity contribution is -0.152. The number of allylic oxidation sites excluding steroid dienone is 1. The fourth-order valence-corrected chi connectivity index (χ4v) is 5.50. The van der Waals surface area contributed by atoms with Gasteiger partial charge in [-0.05, 0) is 43.9 Å². The highest BCUT2D eigenvalue weighted by Gasteiger charge is 2.56. The number of anilines is 1. The summed E-state index contributed by atoms with van der Waals surface area (Å²) in [4.78, 5) is 33.2. The van der Waals surface area contributed by atoms with Crippen LogP contribution in [0.15, 0.2) is 62.2 Å². The molecule has 3 aliphatic rings. The summed E-state index contributed by atoms with van der Waals surface area (Å²) < 4.78 is 35.3. The van der Waals surface area contributed by atoms with Crippen LogP contribution in [0.3, 0.4) is 0 Å². The Morgan fingerprint density at radius 3 is 2.60 bits per heavy atom. The molecular weight excluding hydrogens is 562 g/mol. The van der Waals surface area contributed by atoms with Crippen molar-refractivity contribution in [3.05, 3.63) is 69.7 Å². The Labute approximate surface area is 234 Å². The second-order valence-corrected chi connectivity index (χ2v) is 11.8. The molecule has 1 unspecified atom stereocenters. The first kappa shape index (κ1) is 27.3. The van der Waals surface area contributed by atoms with E-state index in [0.717, 1.165) is 10.6 Å². The molecule has 1 aromatic carbocycles. The monoisotopic (exact) mass is 583 g/mol. The van der Waals surface area contributed by atoms with Crippen molar-refractivity contribution < 1.29 is 32.4 Å². The number of sulfonamides is 1. The predicted octanol–water partition coefficient (Wildman–Crippen LogP) is 3.32. The lowest BCUT2D eigenvalue weighted by atomic mass is 9.78. The Hall–Kier alpha value is -4.25. The summed E-state index contributed by atoms with van der Waals surface area (Å²) >= 11 is 6.18. The number of halogens is 1. The normalized spacial score (nSPS) is 18.2. The number of aliphatic carboxylic acids is 1. The average molecular weight is 584 g/mol. The maximum atomic E-state index is 12.5. The van der Waals surface area contributed by atoms with Crippen molar-refractivity contribution in [2.45, 2.75) is 20.0 Å². The largest absolute Gasteiger partial charge is 0.480 e. The van der Waals surface area contributed by atoms with Gasteiger partial charge in [0, 0.05) is 29.2 Å². The van der Waals surface area contributed by atoms with Crippen LogP contribution in [0, 0.1) is 24.2 Å². The molecule has 1 fully saturated rings. The number of aryl methyl sites for hydroxylation is 1. The van der Waals surface area contributed by atoms with E-state index in [9.17, 15) is 23.1 Å². The molecule has 3 aliphatic heterocycles. The number of fused-ring (bicyclic) bond motifs is 1. The van der Waals surface area contributed by atoms with Gasteiger partial charge in [0.2, 0.25) is 15.8 Å². The standard InChI is InChI=1S/C26H22ClN5O7S/c1-14-22(30-25(35)38-15(2)18-6-4-5-7-19(18)27)20(39-31-14)9-8-17-10-16-11-21(29-23(16)28-17)26(24(33)34)12-32(13-26)40(3,36)37/h4-7,10-11,15H,12-13H2,1-3H3,(H,30,35)(H,33,34). The zero-order valence-corrected chi connectivity index (χ0v) is 23.0. The Balaban J connectivity index is 1.28. The zero-order chi connectivity index (χ0) is 28.8. The molecule has 0 spiro atoms. The number of benzene rings is 1. The fourth-order valence-electron chi connectivity index (χ4n) is 4.30. The minimum Gasteiger partial charge on any atom is -0.480 e. The van der Waals surface area contributed by atoms with Crippen molar-refractivity contribution in [2.24, 2.45) is 15.4 Å². The van der Waals surface area contributed by atoms with Crippen LogP contribution in [-0.2, 0) is 19.6 Å². The van der Waals surface area contributed by atoms with E-state index < -0.39 is 33.6 Å². The molecule has 206 valence electrons. The van der Waals surface area contributed by atoms with Crippen LogP contribution >= 0.6 is 11.6 Å². The summed E-state index contributed by atoms with van der Waals surface area (Å²) in [5.74, 6) is 4.81. The maximum absolute atomic E-state index is 12.5. The summed E-state index contributed by atoms with van der Waals surface area (Å²) in [6.07, 6.45) is 2.86. The van der Waals surface area contributed by atoms with Crippen molar-refractivity contribution in [3.8, 4) is 11.8 Å². The van der Waals surface area contributed by atoms with Crippen molar-refractivity contribution in [1.29, 1.82) is 0 Å². The molecule has 0 saturated carbocycles. The van der Waals surface area contributed by atoms with E-state index in [1.54, 1.807) is 50.3 Å². The number of aromatic nitrogens is 1. The molecule has 5 rings (SSSR count). The summed E-state index contributed by atoms with van der Waals surface area (Å²) in [5.41, 5.74) is 0.959. The van der Waals surface area contributed by atoms with E-state index >= 15 is 0 Å². The van der Waals surface area contributed by atoms with Gasteiger partial charge in [-0.3, -0.25) is 10.1 Å². The number of hydrogen-bond donors (Lipinski definition) is 2. The number of amides is 1. The zero-order valence-electron chi connectivity index (χ0n) is 21.4. The Kier molecular flexibility index (Phi) is 6.87. The number of aliphatic imine (C=N–C) groups is 2. The van der Waals surface area contributed by atoms with Gasteiger partial charge in [-0.25, -0.2) is 23.2 Å². The number of nitrogens with one attached hydrogen (secondary N) is 1. The molecule has 1 aromatic heterocycles. The van der Waals surface area contributed by atoms with Crippen LogP contribution in [0.25, 0.3) is 0 Å². The predicted molar refractivity (Wildman–Crippen MR) is 146 cm³/mol. The Morgan fingerprint density at radius 2 is 1.95 bits per heavy atom. The third-order valence-corrected chi connectivity index (χ3v) is 8.12.